The molecule has 0 bridgehead atoms. The molecular formula is C35H63O4PSi. The summed E-state index contributed by atoms with van der Waals surface area (Å²) in [5.74, 6) is 4.08. The van der Waals surface area contributed by atoms with Crippen LogP contribution in [-0.2, 0) is 18.5 Å². The monoisotopic (exact) mass is 606 g/mol. The van der Waals surface area contributed by atoms with E-state index in [1.54, 1.807) is 0 Å². The van der Waals surface area contributed by atoms with Gasteiger partial charge in [-0.15, -0.1) is 0 Å². The molecule has 0 radical (unpaired) electrons. The molecule has 4 rings (SSSR count). The van der Waals surface area contributed by atoms with Crippen LogP contribution in [0.3, 0.4) is 0 Å². The topological polar surface area (TPSA) is 52.6 Å². The minimum absolute atomic E-state index is 0.0582. The number of carbonyl (C=O) groups is 2. The van der Waals surface area contributed by atoms with Crippen LogP contribution in [0, 0.1) is 58.2 Å². The molecule has 0 saturated heterocycles. The Kier molecular flexibility index (Phi) is 10.2. The van der Waals surface area contributed by atoms with Crippen molar-refractivity contribution in [3.05, 3.63) is 0 Å². The van der Waals surface area contributed by atoms with Gasteiger partial charge in [0.25, 0.3) is 0 Å². The fourth-order valence-electron chi connectivity index (χ4n) is 10.3. The van der Waals surface area contributed by atoms with E-state index in [9.17, 15) is 9.59 Å². The summed E-state index contributed by atoms with van der Waals surface area (Å²) >= 11 is 0. The average Bonchev–Trinajstić information content (AvgIpc) is 3.15. The number of Topliss-reactive ketones (excluding diaryl/α,β-unsaturated/α-hetero) is 1. The maximum atomic E-state index is 14.0. The van der Waals surface area contributed by atoms with Crippen molar-refractivity contribution >= 4 is 29.9 Å². The van der Waals surface area contributed by atoms with Gasteiger partial charge in [0.05, 0.1) is 6.10 Å². The number of aldehydes is 1. The second kappa shape index (κ2) is 12.4. The van der Waals surface area contributed by atoms with Gasteiger partial charge in [-0.25, -0.2) is 0 Å². The highest BCUT2D eigenvalue weighted by Gasteiger charge is 2.64. The Labute approximate surface area is 256 Å². The number of fused-ring (bicyclic) bond motifs is 5. The van der Waals surface area contributed by atoms with Crippen molar-refractivity contribution in [1.29, 1.82) is 0 Å². The largest absolute Gasteiger partial charge is 0.414 e. The Morgan fingerprint density at radius 3 is 2.29 bits per heavy atom. The van der Waals surface area contributed by atoms with Gasteiger partial charge in [-0.3, -0.25) is 4.79 Å². The van der Waals surface area contributed by atoms with Gasteiger partial charge >= 0.3 is 0 Å². The third kappa shape index (κ3) is 6.23. The quantitative estimate of drug-likeness (QED) is 0.141. The van der Waals surface area contributed by atoms with E-state index in [0.29, 0.717) is 65.7 Å². The maximum absolute atomic E-state index is 14.0. The van der Waals surface area contributed by atoms with Gasteiger partial charge in [-0.2, -0.15) is 0 Å². The molecule has 41 heavy (non-hydrogen) atoms. The summed E-state index contributed by atoms with van der Waals surface area (Å²) in [7, 11) is 0.744. The molecule has 4 aliphatic carbocycles. The van der Waals surface area contributed by atoms with Crippen LogP contribution >= 0.6 is 9.47 Å². The predicted octanol–water partition coefficient (Wildman–Crippen LogP) is 9.28. The predicted molar refractivity (Wildman–Crippen MR) is 175 cm³/mol. The molecule has 0 spiro atoms. The van der Waals surface area contributed by atoms with E-state index >= 15 is 0 Å². The van der Waals surface area contributed by atoms with Crippen LogP contribution in [0.25, 0.3) is 0 Å². The van der Waals surface area contributed by atoms with Crippen molar-refractivity contribution < 1.29 is 18.5 Å². The zero-order valence-electron chi connectivity index (χ0n) is 28.1. The Hall–Kier alpha value is -0.0931. The lowest BCUT2D eigenvalue weighted by Gasteiger charge is -2.61. The molecule has 0 aromatic heterocycles. The van der Waals surface area contributed by atoms with Crippen LogP contribution in [0.5, 0.6) is 0 Å². The lowest BCUT2D eigenvalue weighted by molar-refractivity contribution is -0.146. The van der Waals surface area contributed by atoms with E-state index in [1.165, 1.54) is 38.5 Å². The lowest BCUT2D eigenvalue weighted by atomic mass is 9.44. The maximum Gasteiger partial charge on any atom is 0.192 e. The first-order valence-electron chi connectivity index (χ1n) is 17.0. The van der Waals surface area contributed by atoms with Crippen LogP contribution in [0.15, 0.2) is 0 Å². The number of hydrogen-bond donors (Lipinski definition) is 0. The van der Waals surface area contributed by atoms with Crippen molar-refractivity contribution in [3.63, 3.8) is 0 Å². The Balaban J connectivity index is 1.49. The van der Waals surface area contributed by atoms with Gasteiger partial charge in [-0.05, 0) is 122 Å². The third-order valence-corrected chi connectivity index (χ3v) is 18.9. The molecule has 12 atom stereocenters. The number of ketones is 1. The molecule has 4 nitrogen and oxygen atoms in total. The van der Waals surface area contributed by atoms with Gasteiger partial charge in [0.15, 0.2) is 8.32 Å². The summed E-state index contributed by atoms with van der Waals surface area (Å²) < 4.78 is 13.0. The van der Waals surface area contributed by atoms with E-state index in [0.717, 1.165) is 25.0 Å². The van der Waals surface area contributed by atoms with Crippen LogP contribution in [0.4, 0.5) is 0 Å². The summed E-state index contributed by atoms with van der Waals surface area (Å²) in [4.78, 5) is 25.4. The molecule has 0 heterocycles. The standard InChI is InChI=1S/C35H63O4PSi/c1-22(2)24(15-18-36)19-31(38-40)23(3)29-21-30(37)32-27-12-11-25-20-26(39-41(9,10)33(4,5)6)13-16-34(25,7)28(27)14-17-35(29,32)8/h18,22-29,31-32H,11-17,19-21,40H2,1-10H3/t23?,24?,25?,26-,27?,28?,29?,31?,32?,34-,35+/m0/s1. The molecule has 4 aliphatic rings. The van der Waals surface area contributed by atoms with Crippen LogP contribution < -0.4 is 0 Å². The molecule has 6 heteroatoms. The van der Waals surface area contributed by atoms with E-state index in [-0.39, 0.29) is 22.5 Å². The first-order valence-corrected chi connectivity index (χ1v) is 20.4. The zero-order chi connectivity index (χ0) is 30.5. The van der Waals surface area contributed by atoms with E-state index in [4.69, 9.17) is 8.95 Å². The van der Waals surface area contributed by atoms with Gasteiger partial charge in [0, 0.05) is 34.3 Å². The second-order valence-corrected chi connectivity index (χ2v) is 22.3. The first-order chi connectivity index (χ1) is 19.0. The third-order valence-electron chi connectivity index (χ3n) is 14.0. The van der Waals surface area contributed by atoms with Crippen LogP contribution in [-0.4, -0.2) is 32.6 Å². The van der Waals surface area contributed by atoms with E-state index in [1.807, 2.05) is 0 Å². The first kappa shape index (κ1) is 33.8. The number of rotatable bonds is 10. The highest BCUT2D eigenvalue weighted by atomic mass is 31.0. The van der Waals surface area contributed by atoms with Crippen molar-refractivity contribution in [2.24, 2.45) is 58.2 Å². The molecular weight excluding hydrogens is 543 g/mol. The van der Waals surface area contributed by atoms with Gasteiger partial charge in [-0.1, -0.05) is 55.4 Å². The Morgan fingerprint density at radius 2 is 1.71 bits per heavy atom. The Morgan fingerprint density at radius 1 is 1.05 bits per heavy atom. The van der Waals surface area contributed by atoms with Crippen LogP contribution in [0.2, 0.25) is 18.1 Å². The smallest absolute Gasteiger partial charge is 0.192 e. The molecule has 0 aromatic rings. The summed E-state index contributed by atoms with van der Waals surface area (Å²) in [6.07, 6.45) is 12.3. The molecule has 0 amide bonds. The molecule has 4 saturated carbocycles. The highest BCUT2D eigenvalue weighted by molar-refractivity contribution is 7.09. The lowest BCUT2D eigenvalue weighted by Crippen LogP contribution is -2.56. The highest BCUT2D eigenvalue weighted by Crippen LogP contribution is 2.68. The minimum atomic E-state index is -1.77. The van der Waals surface area contributed by atoms with Gasteiger partial charge in [0.1, 0.15) is 12.1 Å². The number of carbonyl (C=O) groups excluding carboxylic acids is 2. The van der Waals surface area contributed by atoms with E-state index < -0.39 is 8.32 Å². The summed E-state index contributed by atoms with van der Waals surface area (Å²) in [5.41, 5.74) is 0.398. The second-order valence-electron chi connectivity index (χ2n) is 17.3. The number of hydrogen-bond acceptors (Lipinski definition) is 4. The van der Waals surface area contributed by atoms with E-state index in [2.05, 4.69) is 78.0 Å². The summed E-state index contributed by atoms with van der Waals surface area (Å²) in [5, 5.41) is 0.250. The fourth-order valence-corrected chi connectivity index (χ4v) is 12.0. The van der Waals surface area contributed by atoms with Crippen molar-refractivity contribution in [1.82, 2.24) is 0 Å². The Bertz CT molecular complexity index is 945. The molecule has 9 unspecified atom stereocenters. The molecule has 0 N–H and O–H groups in total. The minimum Gasteiger partial charge on any atom is -0.414 e. The zero-order valence-corrected chi connectivity index (χ0v) is 30.3. The fraction of sp³-hybridized carbons (Fsp3) is 0.943. The average molecular weight is 607 g/mol. The summed E-state index contributed by atoms with van der Waals surface area (Å²) in [6, 6.07) is 0. The molecule has 0 aliphatic heterocycles. The summed E-state index contributed by atoms with van der Waals surface area (Å²) in [6.45, 7) is 23.7. The van der Waals surface area contributed by atoms with Crippen LogP contribution in [0.1, 0.15) is 120 Å². The SMILES string of the molecule is CC(C)C(CC=O)CC(OP)C(C)C1CC(=O)C2C3CCC4C[C@@H](O[Si](C)(C)C(C)(C)C)CC[C@]4(C)C3CC[C@]12C. The van der Waals surface area contributed by atoms with Gasteiger partial charge < -0.3 is 13.7 Å². The van der Waals surface area contributed by atoms with Crippen molar-refractivity contribution in [2.45, 2.75) is 150 Å². The molecule has 236 valence electrons. The van der Waals surface area contributed by atoms with Crippen molar-refractivity contribution in [3.8, 4) is 0 Å². The molecule has 4 fully saturated rings. The van der Waals surface area contributed by atoms with Gasteiger partial charge in [0.2, 0.25) is 0 Å². The normalized spacial score (nSPS) is 40.0. The van der Waals surface area contributed by atoms with Crippen molar-refractivity contribution in [2.75, 3.05) is 0 Å². The molecule has 0 aromatic carbocycles.